The van der Waals surface area contributed by atoms with E-state index in [0.717, 1.165) is 11.1 Å². The third-order valence-corrected chi connectivity index (χ3v) is 1.42. The van der Waals surface area contributed by atoms with E-state index >= 15 is 0 Å². The van der Waals surface area contributed by atoms with E-state index in [1.165, 1.54) is 0 Å². The van der Waals surface area contributed by atoms with Crippen LogP contribution in [0.5, 0.6) is 0 Å². The lowest BCUT2D eigenvalue weighted by molar-refractivity contribution is 1.32. The number of allylic oxidation sites excluding steroid dienone is 3. The van der Waals surface area contributed by atoms with Gasteiger partial charge in [-0.1, -0.05) is 18.7 Å². The number of aromatic nitrogens is 1. The van der Waals surface area contributed by atoms with Crippen molar-refractivity contribution in [1.82, 2.24) is 4.98 Å². The Morgan fingerprint density at radius 3 is 2.64 bits per heavy atom. The third-order valence-electron chi connectivity index (χ3n) is 1.42. The molecule has 1 heteroatoms. The largest absolute Gasteiger partial charge is 0.265 e. The highest BCUT2D eigenvalue weighted by Gasteiger charge is 1.90. The maximum atomic E-state index is 3.92. The summed E-state index contributed by atoms with van der Waals surface area (Å²) in [7, 11) is 0. The zero-order valence-corrected chi connectivity index (χ0v) is 6.62. The molecule has 0 saturated heterocycles. The van der Waals surface area contributed by atoms with Crippen LogP contribution in [-0.4, -0.2) is 4.98 Å². The summed E-state index contributed by atoms with van der Waals surface area (Å²) in [6.07, 6.45) is 7.49. The van der Waals surface area contributed by atoms with Crippen LogP contribution in [0, 0.1) is 0 Å². The molecule has 0 spiro atoms. The molecule has 1 aromatic heterocycles. The van der Waals surface area contributed by atoms with Gasteiger partial charge in [0.25, 0.3) is 0 Å². The topological polar surface area (TPSA) is 12.9 Å². The van der Waals surface area contributed by atoms with E-state index in [1.807, 2.05) is 31.2 Å². The second-order valence-electron chi connectivity index (χ2n) is 2.26. The van der Waals surface area contributed by atoms with Crippen LogP contribution in [-0.2, 0) is 0 Å². The molecule has 0 aliphatic carbocycles. The fourth-order valence-corrected chi connectivity index (χ4v) is 0.863. The Morgan fingerprint density at radius 1 is 1.45 bits per heavy atom. The Hall–Kier alpha value is -1.37. The molecule has 1 rings (SSSR count). The van der Waals surface area contributed by atoms with Crippen molar-refractivity contribution in [2.45, 2.75) is 6.92 Å². The highest BCUT2D eigenvalue weighted by Crippen LogP contribution is 2.10. The third kappa shape index (κ3) is 2.04. The molecule has 0 N–H and O–H groups in total. The average molecular weight is 145 g/mol. The van der Waals surface area contributed by atoms with Crippen LogP contribution in [0.25, 0.3) is 5.57 Å². The molecule has 1 heterocycles. The molecule has 0 saturated carbocycles. The summed E-state index contributed by atoms with van der Waals surface area (Å²) < 4.78 is 0. The van der Waals surface area contributed by atoms with Gasteiger partial charge in [-0.05, 0) is 30.2 Å². The quantitative estimate of drug-likeness (QED) is 0.583. The van der Waals surface area contributed by atoms with Gasteiger partial charge in [0.1, 0.15) is 0 Å². The van der Waals surface area contributed by atoms with E-state index in [0.29, 0.717) is 0 Å². The molecule has 0 atom stereocenters. The van der Waals surface area contributed by atoms with Crippen molar-refractivity contribution in [3.05, 3.63) is 48.8 Å². The molecule has 0 aliphatic rings. The lowest BCUT2D eigenvalue weighted by Crippen LogP contribution is -1.78. The first kappa shape index (κ1) is 7.73. The van der Waals surface area contributed by atoms with E-state index in [1.54, 1.807) is 12.4 Å². The summed E-state index contributed by atoms with van der Waals surface area (Å²) in [4.78, 5) is 3.92. The number of pyridine rings is 1. The fraction of sp³-hybridized carbons (Fsp3) is 0.100. The Balaban J connectivity index is 2.86. The highest BCUT2D eigenvalue weighted by molar-refractivity contribution is 5.71. The number of hydrogen-bond donors (Lipinski definition) is 0. The molecule has 1 aromatic rings. The minimum atomic E-state index is 1.02. The molecular formula is C10H11N. The number of rotatable bonds is 2. The first-order chi connectivity index (χ1) is 5.34. The second-order valence-corrected chi connectivity index (χ2v) is 2.26. The van der Waals surface area contributed by atoms with E-state index in [-0.39, 0.29) is 0 Å². The van der Waals surface area contributed by atoms with Gasteiger partial charge < -0.3 is 0 Å². The zero-order valence-electron chi connectivity index (χ0n) is 6.62. The highest BCUT2D eigenvalue weighted by atomic mass is 14.6. The van der Waals surface area contributed by atoms with Crippen molar-refractivity contribution in [3.63, 3.8) is 0 Å². The maximum Gasteiger partial charge on any atom is 0.0273 e. The van der Waals surface area contributed by atoms with Crippen LogP contribution in [0.15, 0.2) is 43.3 Å². The van der Waals surface area contributed by atoms with Gasteiger partial charge in [0.05, 0.1) is 0 Å². The monoisotopic (exact) mass is 145 g/mol. The van der Waals surface area contributed by atoms with Crippen molar-refractivity contribution in [3.8, 4) is 0 Å². The second kappa shape index (κ2) is 3.71. The normalized spacial score (nSPS) is 10.3. The lowest BCUT2D eigenvalue weighted by atomic mass is 10.1. The van der Waals surface area contributed by atoms with E-state index in [9.17, 15) is 0 Å². The maximum absolute atomic E-state index is 3.92. The van der Waals surface area contributed by atoms with Gasteiger partial charge in [-0.2, -0.15) is 0 Å². The van der Waals surface area contributed by atoms with Gasteiger partial charge in [0.2, 0.25) is 0 Å². The van der Waals surface area contributed by atoms with Gasteiger partial charge in [0, 0.05) is 12.4 Å². The minimum absolute atomic E-state index is 1.02. The standard InChI is InChI=1S/C10H11N/c1-3-4-9(2)10-5-7-11-8-6-10/h3-8H,2H2,1H3/b4-3-. The first-order valence-corrected chi connectivity index (χ1v) is 3.56. The molecule has 11 heavy (non-hydrogen) atoms. The van der Waals surface area contributed by atoms with Gasteiger partial charge in [-0.25, -0.2) is 0 Å². The molecule has 0 fully saturated rings. The predicted molar refractivity (Wildman–Crippen MR) is 48.1 cm³/mol. The van der Waals surface area contributed by atoms with Crippen LogP contribution >= 0.6 is 0 Å². The van der Waals surface area contributed by atoms with Gasteiger partial charge >= 0.3 is 0 Å². The van der Waals surface area contributed by atoms with Crippen LogP contribution in [0.4, 0.5) is 0 Å². The van der Waals surface area contributed by atoms with Gasteiger partial charge in [-0.15, -0.1) is 0 Å². The Labute approximate surface area is 67.1 Å². The lowest BCUT2D eigenvalue weighted by Gasteiger charge is -1.96. The number of hydrogen-bond acceptors (Lipinski definition) is 1. The molecule has 0 aromatic carbocycles. The Kier molecular flexibility index (Phi) is 2.61. The molecule has 0 unspecified atom stereocenters. The van der Waals surface area contributed by atoms with Gasteiger partial charge in [0.15, 0.2) is 0 Å². The van der Waals surface area contributed by atoms with Crippen molar-refractivity contribution < 1.29 is 0 Å². The molecule has 56 valence electrons. The van der Waals surface area contributed by atoms with Crippen LogP contribution < -0.4 is 0 Å². The Morgan fingerprint density at radius 2 is 2.09 bits per heavy atom. The summed E-state index contributed by atoms with van der Waals surface area (Å²) in [5.74, 6) is 0. The molecule has 0 amide bonds. The predicted octanol–water partition coefficient (Wildman–Crippen LogP) is 2.67. The van der Waals surface area contributed by atoms with Crippen molar-refractivity contribution in [1.29, 1.82) is 0 Å². The molecule has 0 aliphatic heterocycles. The number of nitrogens with zero attached hydrogens (tertiary/aromatic N) is 1. The van der Waals surface area contributed by atoms with Crippen LogP contribution in [0.1, 0.15) is 12.5 Å². The fourth-order valence-electron chi connectivity index (χ4n) is 0.863. The summed E-state index contributed by atoms with van der Waals surface area (Å²) in [5.41, 5.74) is 2.15. The smallest absolute Gasteiger partial charge is 0.0273 e. The van der Waals surface area contributed by atoms with Crippen LogP contribution in [0.2, 0.25) is 0 Å². The molecule has 1 nitrogen and oxygen atoms in total. The van der Waals surface area contributed by atoms with E-state index < -0.39 is 0 Å². The van der Waals surface area contributed by atoms with Crippen molar-refractivity contribution >= 4 is 5.57 Å². The average Bonchev–Trinajstić information content (AvgIpc) is 2.07. The van der Waals surface area contributed by atoms with E-state index in [2.05, 4.69) is 11.6 Å². The van der Waals surface area contributed by atoms with Crippen molar-refractivity contribution in [2.24, 2.45) is 0 Å². The zero-order chi connectivity index (χ0) is 8.10. The minimum Gasteiger partial charge on any atom is -0.265 e. The summed E-state index contributed by atoms with van der Waals surface area (Å²) in [5, 5.41) is 0. The van der Waals surface area contributed by atoms with E-state index in [4.69, 9.17) is 0 Å². The van der Waals surface area contributed by atoms with Gasteiger partial charge in [-0.3, -0.25) is 4.98 Å². The first-order valence-electron chi connectivity index (χ1n) is 3.56. The van der Waals surface area contributed by atoms with Crippen molar-refractivity contribution in [2.75, 3.05) is 0 Å². The summed E-state index contributed by atoms with van der Waals surface area (Å²) in [6, 6.07) is 3.89. The SMILES string of the molecule is C=C(/C=C\C)c1ccncc1. The molecular weight excluding hydrogens is 134 g/mol. The summed E-state index contributed by atoms with van der Waals surface area (Å²) in [6.45, 7) is 5.88. The van der Waals surface area contributed by atoms with Crippen LogP contribution in [0.3, 0.4) is 0 Å². The molecule has 0 radical (unpaired) electrons. The Bertz CT molecular complexity index is 259. The summed E-state index contributed by atoms with van der Waals surface area (Å²) >= 11 is 0. The molecule has 0 bridgehead atoms.